The van der Waals surface area contributed by atoms with Gasteiger partial charge in [-0.25, -0.2) is 0 Å². The maximum atomic E-state index is 10.7. The largest absolute Gasteiger partial charge is 0.484 e. The lowest BCUT2D eigenvalue weighted by Crippen LogP contribution is -2.26. The number of aliphatic hydroxyl groups excluding tert-OH is 1. The van der Waals surface area contributed by atoms with Crippen LogP contribution in [0.4, 0.5) is 11.4 Å². The van der Waals surface area contributed by atoms with E-state index in [1.165, 1.54) is 0 Å². The second-order valence-electron chi connectivity index (χ2n) is 3.37. The molecule has 0 aliphatic carbocycles. The second kappa shape index (κ2) is 5.89. The van der Waals surface area contributed by atoms with Gasteiger partial charge in [0.2, 0.25) is 0 Å². The van der Waals surface area contributed by atoms with Crippen LogP contribution in [0.1, 0.15) is 0 Å². The molecule has 1 aromatic rings. The highest BCUT2D eigenvalue weighted by Gasteiger charge is 2.21. The van der Waals surface area contributed by atoms with Crippen molar-refractivity contribution in [2.45, 2.75) is 6.10 Å². The van der Waals surface area contributed by atoms with E-state index in [0.717, 1.165) is 18.2 Å². The van der Waals surface area contributed by atoms with E-state index in [2.05, 4.69) is 0 Å². The van der Waals surface area contributed by atoms with Crippen molar-refractivity contribution in [2.24, 2.45) is 5.73 Å². The normalized spacial score (nSPS) is 11.9. The lowest BCUT2D eigenvalue weighted by atomic mass is 10.2. The summed E-state index contributed by atoms with van der Waals surface area (Å²) in [5, 5.41) is 30.4. The van der Waals surface area contributed by atoms with Gasteiger partial charge in [-0.05, 0) is 6.07 Å². The third-order valence-corrected chi connectivity index (χ3v) is 2.05. The molecule has 98 valence electrons. The highest BCUT2D eigenvalue weighted by Crippen LogP contribution is 2.30. The zero-order valence-electron chi connectivity index (χ0n) is 9.18. The molecular formula is C9H11N3O6. The van der Waals surface area contributed by atoms with Gasteiger partial charge in [0.25, 0.3) is 5.69 Å². The number of hydrogen-bond acceptors (Lipinski definition) is 7. The van der Waals surface area contributed by atoms with Gasteiger partial charge < -0.3 is 15.6 Å². The van der Waals surface area contributed by atoms with Crippen LogP contribution >= 0.6 is 0 Å². The van der Waals surface area contributed by atoms with Crippen molar-refractivity contribution in [3.05, 3.63) is 38.4 Å². The van der Waals surface area contributed by atoms with Crippen LogP contribution < -0.4 is 10.5 Å². The maximum absolute atomic E-state index is 10.7. The average molecular weight is 257 g/mol. The number of nitrogens with two attached hydrogens (primary N) is 1. The van der Waals surface area contributed by atoms with Crippen LogP contribution in [-0.4, -0.2) is 34.2 Å². The molecule has 0 amide bonds. The fourth-order valence-corrected chi connectivity index (χ4v) is 1.14. The van der Waals surface area contributed by atoms with Gasteiger partial charge >= 0.3 is 5.69 Å². The summed E-state index contributed by atoms with van der Waals surface area (Å²) in [5.41, 5.74) is 4.20. The number of nitro benzene ring substituents is 2. The summed E-state index contributed by atoms with van der Waals surface area (Å²) in [5.74, 6) is -0.155. The van der Waals surface area contributed by atoms with Crippen LogP contribution in [0.3, 0.4) is 0 Å². The molecule has 0 bridgehead atoms. The van der Waals surface area contributed by atoms with Crippen molar-refractivity contribution in [3.8, 4) is 5.75 Å². The third kappa shape index (κ3) is 3.37. The predicted molar refractivity (Wildman–Crippen MR) is 60.3 cm³/mol. The number of non-ortho nitro benzene ring substituents is 1. The quantitative estimate of drug-likeness (QED) is 0.547. The van der Waals surface area contributed by atoms with Crippen molar-refractivity contribution >= 4 is 11.4 Å². The Hall–Kier alpha value is -2.26. The maximum Gasteiger partial charge on any atom is 0.317 e. The second-order valence-corrected chi connectivity index (χ2v) is 3.37. The van der Waals surface area contributed by atoms with Crippen molar-refractivity contribution in [2.75, 3.05) is 13.2 Å². The molecular weight excluding hydrogens is 246 g/mol. The molecule has 0 radical (unpaired) electrons. The summed E-state index contributed by atoms with van der Waals surface area (Å²) in [6.07, 6.45) is -0.959. The van der Waals surface area contributed by atoms with Crippen LogP contribution in [0.5, 0.6) is 5.75 Å². The van der Waals surface area contributed by atoms with Gasteiger partial charge in [0.05, 0.1) is 15.9 Å². The number of nitro groups is 2. The molecule has 0 aliphatic heterocycles. The Balaban J connectivity index is 2.97. The number of aliphatic hydroxyl groups is 1. The number of benzene rings is 1. The van der Waals surface area contributed by atoms with Crippen LogP contribution in [0.25, 0.3) is 0 Å². The predicted octanol–water partition coefficient (Wildman–Crippen LogP) is 0.201. The van der Waals surface area contributed by atoms with E-state index in [0.29, 0.717) is 0 Å². The zero-order valence-corrected chi connectivity index (χ0v) is 9.18. The first-order valence-electron chi connectivity index (χ1n) is 4.89. The first kappa shape index (κ1) is 13.8. The molecule has 1 aromatic carbocycles. The molecule has 3 N–H and O–H groups in total. The van der Waals surface area contributed by atoms with Crippen LogP contribution in [0.15, 0.2) is 18.2 Å². The number of nitrogens with zero attached hydrogens (tertiary/aromatic N) is 2. The van der Waals surface area contributed by atoms with E-state index in [4.69, 9.17) is 15.6 Å². The minimum Gasteiger partial charge on any atom is -0.484 e. The van der Waals surface area contributed by atoms with Gasteiger partial charge in [-0.15, -0.1) is 0 Å². The van der Waals surface area contributed by atoms with Gasteiger partial charge in [-0.2, -0.15) is 0 Å². The van der Waals surface area contributed by atoms with Gasteiger partial charge in [-0.3, -0.25) is 20.2 Å². The smallest absolute Gasteiger partial charge is 0.317 e. The Bertz CT molecular complexity index is 464. The van der Waals surface area contributed by atoms with E-state index in [1.807, 2.05) is 0 Å². The zero-order chi connectivity index (χ0) is 13.7. The van der Waals surface area contributed by atoms with E-state index in [-0.39, 0.29) is 18.9 Å². The SMILES string of the molecule is NCC(O)COc1ccc([N+](=O)[O-])cc1[N+](=O)[O-]. The molecule has 0 saturated carbocycles. The van der Waals surface area contributed by atoms with Gasteiger partial charge in [0.1, 0.15) is 12.7 Å². The van der Waals surface area contributed by atoms with Gasteiger partial charge in [-0.1, -0.05) is 0 Å². The summed E-state index contributed by atoms with van der Waals surface area (Å²) < 4.78 is 4.99. The van der Waals surface area contributed by atoms with E-state index in [1.54, 1.807) is 0 Å². The van der Waals surface area contributed by atoms with Crippen LogP contribution in [0.2, 0.25) is 0 Å². The summed E-state index contributed by atoms with van der Waals surface area (Å²) in [6.45, 7) is -0.282. The molecule has 0 aromatic heterocycles. The van der Waals surface area contributed by atoms with E-state index in [9.17, 15) is 20.2 Å². The Morgan fingerprint density at radius 2 is 2.00 bits per heavy atom. The molecule has 9 heteroatoms. The molecule has 0 spiro atoms. The summed E-state index contributed by atoms with van der Waals surface area (Å²) in [6, 6.07) is 2.99. The average Bonchev–Trinajstić information content (AvgIpc) is 2.35. The van der Waals surface area contributed by atoms with Crippen molar-refractivity contribution in [1.29, 1.82) is 0 Å². The number of ether oxygens (including phenoxy) is 1. The number of hydrogen-bond donors (Lipinski definition) is 2. The van der Waals surface area contributed by atoms with Gasteiger partial charge in [0, 0.05) is 12.6 Å². The van der Waals surface area contributed by atoms with E-state index >= 15 is 0 Å². The Labute approximate surface area is 101 Å². The monoisotopic (exact) mass is 257 g/mol. The minimum absolute atomic E-state index is 0.0548. The summed E-state index contributed by atoms with van der Waals surface area (Å²) in [7, 11) is 0. The fourth-order valence-electron chi connectivity index (χ4n) is 1.14. The van der Waals surface area contributed by atoms with Gasteiger partial charge in [0.15, 0.2) is 5.75 Å². The number of rotatable bonds is 6. The fraction of sp³-hybridized carbons (Fsp3) is 0.333. The first-order chi connectivity index (χ1) is 8.45. The van der Waals surface area contributed by atoms with Crippen molar-refractivity contribution < 1.29 is 19.7 Å². The molecule has 0 heterocycles. The third-order valence-electron chi connectivity index (χ3n) is 2.05. The summed E-state index contributed by atoms with van der Waals surface area (Å²) in [4.78, 5) is 19.7. The standard InChI is InChI=1S/C9H11N3O6/c10-4-7(13)5-18-9-2-1-6(11(14)15)3-8(9)12(16)17/h1-3,7,13H,4-5,10H2. The van der Waals surface area contributed by atoms with Crippen LogP contribution in [-0.2, 0) is 0 Å². The lowest BCUT2D eigenvalue weighted by molar-refractivity contribution is -0.394. The van der Waals surface area contributed by atoms with E-state index < -0.39 is 27.3 Å². The van der Waals surface area contributed by atoms with Crippen molar-refractivity contribution in [1.82, 2.24) is 0 Å². The molecule has 0 aliphatic rings. The highest BCUT2D eigenvalue weighted by molar-refractivity contribution is 5.53. The van der Waals surface area contributed by atoms with Crippen molar-refractivity contribution in [3.63, 3.8) is 0 Å². The molecule has 0 fully saturated rings. The topological polar surface area (TPSA) is 142 Å². The lowest BCUT2D eigenvalue weighted by Gasteiger charge is -2.10. The molecule has 1 unspecified atom stereocenters. The first-order valence-corrected chi connectivity index (χ1v) is 4.89. The molecule has 1 rings (SSSR count). The minimum atomic E-state index is -0.959. The Kier molecular flexibility index (Phi) is 4.52. The highest BCUT2D eigenvalue weighted by atomic mass is 16.6. The Morgan fingerprint density at radius 3 is 2.50 bits per heavy atom. The molecule has 9 nitrogen and oxygen atoms in total. The molecule has 0 saturated heterocycles. The molecule has 18 heavy (non-hydrogen) atoms. The van der Waals surface area contributed by atoms with Crippen LogP contribution in [0, 0.1) is 20.2 Å². The Morgan fingerprint density at radius 1 is 1.33 bits per heavy atom. The summed E-state index contributed by atoms with van der Waals surface area (Å²) >= 11 is 0. The molecule has 1 atom stereocenters.